The highest BCUT2D eigenvalue weighted by molar-refractivity contribution is 7.92. The van der Waals surface area contributed by atoms with E-state index >= 15 is 0 Å². The maximum absolute atomic E-state index is 13.7. The number of benzene rings is 1. The van der Waals surface area contributed by atoms with E-state index in [2.05, 4.69) is 9.71 Å². The Kier molecular flexibility index (Phi) is 6.04. The lowest BCUT2D eigenvalue weighted by atomic mass is 9.97. The molecule has 1 amide bonds. The van der Waals surface area contributed by atoms with Crippen LogP contribution in [0.4, 0.5) is 11.5 Å². The number of hydrogen-bond donors (Lipinski definition) is 1. The van der Waals surface area contributed by atoms with E-state index in [1.165, 1.54) is 0 Å². The molecule has 33 heavy (non-hydrogen) atoms. The average molecular weight is 471 g/mol. The van der Waals surface area contributed by atoms with Gasteiger partial charge >= 0.3 is 0 Å². The Hall–Kier alpha value is -3.14. The van der Waals surface area contributed by atoms with Gasteiger partial charge in [0.25, 0.3) is 5.91 Å². The van der Waals surface area contributed by atoms with Crippen LogP contribution in [-0.2, 0) is 10.0 Å². The Balaban J connectivity index is 1.76. The minimum absolute atomic E-state index is 0.205. The second-order valence-electron chi connectivity index (χ2n) is 8.92. The molecule has 3 heterocycles. The first kappa shape index (κ1) is 23.0. The summed E-state index contributed by atoms with van der Waals surface area (Å²) in [5.74, 6) is 0.708. The molecular formula is C23H30N6O3S. The van der Waals surface area contributed by atoms with E-state index in [9.17, 15) is 13.2 Å². The predicted molar refractivity (Wildman–Crippen MR) is 129 cm³/mol. The van der Waals surface area contributed by atoms with Gasteiger partial charge in [-0.1, -0.05) is 11.6 Å². The van der Waals surface area contributed by atoms with E-state index in [1.807, 2.05) is 54.4 Å². The van der Waals surface area contributed by atoms with Gasteiger partial charge in [-0.2, -0.15) is 9.61 Å². The number of carbonyl (C=O) groups is 1. The average Bonchev–Trinajstić information content (AvgIpc) is 3.16. The zero-order valence-electron chi connectivity index (χ0n) is 19.7. The van der Waals surface area contributed by atoms with Crippen LogP contribution in [0.3, 0.4) is 0 Å². The third-order valence-electron chi connectivity index (χ3n) is 5.82. The van der Waals surface area contributed by atoms with Crippen molar-refractivity contribution in [3.63, 3.8) is 0 Å². The molecule has 1 aliphatic rings. The monoisotopic (exact) mass is 470 g/mol. The molecule has 2 aromatic heterocycles. The van der Waals surface area contributed by atoms with Gasteiger partial charge in [0.15, 0.2) is 5.65 Å². The summed E-state index contributed by atoms with van der Waals surface area (Å²) < 4.78 is 28.1. The van der Waals surface area contributed by atoms with E-state index < -0.39 is 10.0 Å². The first-order valence-electron chi connectivity index (χ1n) is 11.0. The molecule has 10 heteroatoms. The van der Waals surface area contributed by atoms with Gasteiger partial charge in [0.05, 0.1) is 29.2 Å². The molecule has 1 aromatic carbocycles. The van der Waals surface area contributed by atoms with Crippen molar-refractivity contribution in [3.05, 3.63) is 52.8 Å². The van der Waals surface area contributed by atoms with Gasteiger partial charge in [0.1, 0.15) is 5.82 Å². The lowest BCUT2D eigenvalue weighted by Gasteiger charge is -2.35. The molecule has 1 fully saturated rings. The number of amides is 1. The summed E-state index contributed by atoms with van der Waals surface area (Å²) in [6, 6.07) is 8.88. The molecule has 1 N–H and O–H groups in total. The number of aryl methyl sites for hydroxylation is 2. The summed E-state index contributed by atoms with van der Waals surface area (Å²) >= 11 is 0. The number of rotatable bonds is 5. The maximum atomic E-state index is 13.7. The van der Waals surface area contributed by atoms with Crippen LogP contribution in [0.15, 0.2) is 30.3 Å². The highest BCUT2D eigenvalue weighted by Gasteiger charge is 2.32. The number of piperidine rings is 1. The van der Waals surface area contributed by atoms with Crippen LogP contribution in [0.2, 0.25) is 0 Å². The minimum Gasteiger partial charge on any atom is -0.363 e. The van der Waals surface area contributed by atoms with Crippen molar-refractivity contribution < 1.29 is 13.2 Å². The van der Waals surface area contributed by atoms with Crippen LogP contribution < -0.4 is 9.62 Å². The molecule has 0 bridgehead atoms. The molecule has 0 saturated carbocycles. The van der Waals surface area contributed by atoms with Crippen molar-refractivity contribution in [1.29, 1.82) is 0 Å². The van der Waals surface area contributed by atoms with Crippen LogP contribution >= 0.6 is 0 Å². The van der Waals surface area contributed by atoms with Gasteiger partial charge in [0, 0.05) is 38.5 Å². The Morgan fingerprint density at radius 2 is 1.91 bits per heavy atom. The molecule has 3 aromatic rings. The SMILES string of the molecule is Cc1ccc(NS(C)(=O)=O)c(C(=O)N2CCCC[C@H]2c2cc3nc(C)cc(N(C)C)n3n2)c1. The number of carbonyl (C=O) groups excluding carboxylic acids is 1. The van der Waals surface area contributed by atoms with E-state index in [4.69, 9.17) is 5.10 Å². The number of likely N-dealkylation sites (tertiary alicyclic amines) is 1. The predicted octanol–water partition coefficient (Wildman–Crippen LogP) is 3.15. The Labute approximate surface area is 194 Å². The Bertz CT molecular complexity index is 1320. The summed E-state index contributed by atoms with van der Waals surface area (Å²) in [5, 5.41) is 4.83. The fourth-order valence-electron chi connectivity index (χ4n) is 4.34. The second-order valence-corrected chi connectivity index (χ2v) is 10.7. The molecule has 4 rings (SSSR count). The zero-order chi connectivity index (χ0) is 23.9. The molecule has 1 saturated heterocycles. The van der Waals surface area contributed by atoms with Crippen molar-refractivity contribution in [2.24, 2.45) is 0 Å². The molecular weight excluding hydrogens is 440 g/mol. The van der Waals surface area contributed by atoms with E-state index in [-0.39, 0.29) is 11.9 Å². The van der Waals surface area contributed by atoms with Crippen LogP contribution in [0.5, 0.6) is 0 Å². The standard InChI is InChI=1S/C23H30N6O3S/c1-15-9-10-18(26-33(5,31)32)17(12-15)23(30)28-11-7-6-8-20(28)19-14-21-24-16(2)13-22(27(3)4)29(21)25-19/h9-10,12-14,20,26H,6-8,11H2,1-5H3/t20-/m0/s1. The maximum Gasteiger partial charge on any atom is 0.256 e. The van der Waals surface area contributed by atoms with Crippen LogP contribution in [-0.4, -0.2) is 60.7 Å². The van der Waals surface area contributed by atoms with Gasteiger partial charge in [0.2, 0.25) is 10.0 Å². The number of sulfonamides is 1. The van der Waals surface area contributed by atoms with E-state index in [1.54, 1.807) is 18.2 Å². The largest absolute Gasteiger partial charge is 0.363 e. The van der Waals surface area contributed by atoms with E-state index in [0.717, 1.165) is 53.9 Å². The van der Waals surface area contributed by atoms with Crippen LogP contribution in [0.25, 0.3) is 5.65 Å². The second kappa shape index (κ2) is 8.66. The Morgan fingerprint density at radius 3 is 2.61 bits per heavy atom. The normalized spacial score (nSPS) is 16.8. The number of fused-ring (bicyclic) bond motifs is 1. The third kappa shape index (κ3) is 4.80. The highest BCUT2D eigenvalue weighted by Crippen LogP contribution is 2.34. The van der Waals surface area contributed by atoms with Crippen molar-refractivity contribution in [2.45, 2.75) is 39.2 Å². The number of aromatic nitrogens is 3. The minimum atomic E-state index is -3.53. The lowest BCUT2D eigenvalue weighted by Crippen LogP contribution is -2.39. The molecule has 1 aliphatic heterocycles. The number of anilines is 2. The molecule has 176 valence electrons. The summed E-state index contributed by atoms with van der Waals surface area (Å²) in [7, 11) is 0.391. The fourth-order valence-corrected chi connectivity index (χ4v) is 4.92. The van der Waals surface area contributed by atoms with Crippen LogP contribution in [0.1, 0.15) is 52.6 Å². The summed E-state index contributed by atoms with van der Waals surface area (Å²) in [4.78, 5) is 22.1. The summed E-state index contributed by atoms with van der Waals surface area (Å²) in [6.07, 6.45) is 3.74. The van der Waals surface area contributed by atoms with Crippen molar-refractivity contribution in [3.8, 4) is 0 Å². The van der Waals surface area contributed by atoms with Gasteiger partial charge < -0.3 is 9.80 Å². The van der Waals surface area contributed by atoms with Crippen molar-refractivity contribution >= 4 is 33.1 Å². The number of hydrogen-bond acceptors (Lipinski definition) is 6. The lowest BCUT2D eigenvalue weighted by molar-refractivity contribution is 0.0606. The quantitative estimate of drug-likeness (QED) is 0.615. The van der Waals surface area contributed by atoms with Crippen molar-refractivity contribution in [2.75, 3.05) is 36.5 Å². The Morgan fingerprint density at radius 1 is 1.15 bits per heavy atom. The fraction of sp³-hybridized carbons (Fsp3) is 0.435. The topological polar surface area (TPSA) is 99.9 Å². The van der Waals surface area contributed by atoms with Crippen molar-refractivity contribution in [1.82, 2.24) is 19.5 Å². The molecule has 9 nitrogen and oxygen atoms in total. The number of nitrogens with one attached hydrogen (secondary N) is 1. The molecule has 1 atom stereocenters. The van der Waals surface area contributed by atoms with Gasteiger partial charge in [-0.25, -0.2) is 13.4 Å². The third-order valence-corrected chi connectivity index (χ3v) is 6.41. The molecule has 0 aliphatic carbocycles. The first-order valence-corrected chi connectivity index (χ1v) is 12.9. The van der Waals surface area contributed by atoms with Gasteiger partial charge in [-0.05, 0) is 45.2 Å². The first-order chi connectivity index (χ1) is 15.5. The molecule has 0 radical (unpaired) electrons. The zero-order valence-corrected chi connectivity index (χ0v) is 20.5. The molecule has 0 spiro atoms. The van der Waals surface area contributed by atoms with Gasteiger partial charge in [-0.15, -0.1) is 0 Å². The van der Waals surface area contributed by atoms with Crippen LogP contribution in [0, 0.1) is 13.8 Å². The van der Waals surface area contributed by atoms with Gasteiger partial charge in [-0.3, -0.25) is 9.52 Å². The smallest absolute Gasteiger partial charge is 0.256 e. The number of nitrogens with zero attached hydrogens (tertiary/aromatic N) is 5. The van der Waals surface area contributed by atoms with E-state index in [0.29, 0.717) is 17.8 Å². The molecule has 0 unspecified atom stereocenters. The summed E-state index contributed by atoms with van der Waals surface area (Å²) in [5.41, 5.74) is 3.94. The summed E-state index contributed by atoms with van der Waals surface area (Å²) in [6.45, 7) is 4.41. The highest BCUT2D eigenvalue weighted by atomic mass is 32.2.